The van der Waals surface area contributed by atoms with Gasteiger partial charge in [0, 0.05) is 10.5 Å². The minimum atomic E-state index is -3.68. The zero-order chi connectivity index (χ0) is 15.6. The Balaban J connectivity index is 2.36. The van der Waals surface area contributed by atoms with Crippen molar-refractivity contribution >= 4 is 31.6 Å². The van der Waals surface area contributed by atoms with Crippen LogP contribution in [0.5, 0.6) is 0 Å². The maximum atomic E-state index is 12.5. The highest BCUT2D eigenvalue weighted by atomic mass is 79.9. The highest BCUT2D eigenvalue weighted by Gasteiger charge is 2.22. The third-order valence-corrected chi connectivity index (χ3v) is 5.09. The molecule has 21 heavy (non-hydrogen) atoms. The number of benzene rings is 1. The van der Waals surface area contributed by atoms with Gasteiger partial charge in [0.15, 0.2) is 0 Å². The molecule has 5 nitrogen and oxygen atoms in total. The first-order valence-corrected chi connectivity index (χ1v) is 8.64. The Morgan fingerprint density at radius 1 is 1.24 bits per heavy atom. The topological polar surface area (TPSA) is 71.3 Å². The van der Waals surface area contributed by atoms with Crippen LogP contribution in [0.1, 0.15) is 17.1 Å². The average Bonchev–Trinajstić information content (AvgIpc) is 2.76. The fraction of sp³-hybridized carbons (Fsp3) is 0.286. The van der Waals surface area contributed by atoms with Gasteiger partial charge in [0.1, 0.15) is 16.4 Å². The lowest BCUT2D eigenvalue weighted by atomic mass is 10.2. The van der Waals surface area contributed by atoms with E-state index in [9.17, 15) is 8.42 Å². The number of aryl methyl sites for hydroxylation is 2. The van der Waals surface area contributed by atoms with Crippen LogP contribution in [-0.2, 0) is 16.6 Å². The molecule has 0 amide bonds. The first-order chi connectivity index (χ1) is 9.83. The van der Waals surface area contributed by atoms with Crippen LogP contribution in [-0.4, -0.2) is 15.5 Å². The summed E-state index contributed by atoms with van der Waals surface area (Å²) in [5.74, 6) is 0.954. The van der Waals surface area contributed by atoms with Crippen LogP contribution >= 0.6 is 15.9 Å². The monoisotopic (exact) mass is 372 g/mol. The molecule has 2 N–H and O–H groups in total. The highest BCUT2D eigenvalue weighted by molar-refractivity contribution is 9.10. The standard InChI is InChI=1S/C14H17BrN2O3S/c1-9-4-5-12(15)13(6-9)17-21(18,19)14-7-11(8-16-3)20-10(14)2/h4-7,16-17H,8H2,1-3H3. The molecule has 0 aliphatic carbocycles. The van der Waals surface area contributed by atoms with Crippen molar-refractivity contribution < 1.29 is 12.8 Å². The lowest BCUT2D eigenvalue weighted by Gasteiger charge is -2.09. The summed E-state index contributed by atoms with van der Waals surface area (Å²) in [7, 11) is -1.91. The Kier molecular flexibility index (Phi) is 4.75. The van der Waals surface area contributed by atoms with Crippen molar-refractivity contribution in [2.24, 2.45) is 0 Å². The van der Waals surface area contributed by atoms with E-state index in [0.717, 1.165) is 5.56 Å². The minimum Gasteiger partial charge on any atom is -0.464 e. The molecule has 2 rings (SSSR count). The smallest absolute Gasteiger partial charge is 0.265 e. The Labute approximate surface area is 132 Å². The van der Waals surface area contributed by atoms with Crippen molar-refractivity contribution in [1.29, 1.82) is 0 Å². The number of anilines is 1. The van der Waals surface area contributed by atoms with E-state index in [1.165, 1.54) is 6.07 Å². The zero-order valence-electron chi connectivity index (χ0n) is 12.0. The third kappa shape index (κ3) is 3.66. The molecule has 1 aromatic heterocycles. The summed E-state index contributed by atoms with van der Waals surface area (Å²) in [6.07, 6.45) is 0. The predicted molar refractivity (Wildman–Crippen MR) is 85.9 cm³/mol. The number of sulfonamides is 1. The van der Waals surface area contributed by atoms with E-state index in [2.05, 4.69) is 26.0 Å². The maximum Gasteiger partial charge on any atom is 0.265 e. The summed E-state index contributed by atoms with van der Waals surface area (Å²) in [4.78, 5) is 0.154. The van der Waals surface area contributed by atoms with Gasteiger partial charge in [-0.2, -0.15) is 0 Å². The van der Waals surface area contributed by atoms with Gasteiger partial charge >= 0.3 is 0 Å². The van der Waals surface area contributed by atoms with E-state index in [4.69, 9.17) is 4.42 Å². The van der Waals surface area contributed by atoms with E-state index in [1.54, 1.807) is 20.0 Å². The molecular formula is C14H17BrN2O3S. The first-order valence-electron chi connectivity index (χ1n) is 6.36. The van der Waals surface area contributed by atoms with E-state index < -0.39 is 10.0 Å². The summed E-state index contributed by atoms with van der Waals surface area (Å²) in [6.45, 7) is 4.02. The molecule has 1 heterocycles. The number of nitrogens with one attached hydrogen (secondary N) is 2. The lowest BCUT2D eigenvalue weighted by molar-refractivity contribution is 0.466. The second-order valence-corrected chi connectivity index (χ2v) is 7.26. The van der Waals surface area contributed by atoms with Crippen molar-refractivity contribution in [2.45, 2.75) is 25.3 Å². The molecule has 0 aliphatic heterocycles. The van der Waals surface area contributed by atoms with Crippen LogP contribution < -0.4 is 10.0 Å². The van der Waals surface area contributed by atoms with Crippen LogP contribution in [0.25, 0.3) is 0 Å². The van der Waals surface area contributed by atoms with Gasteiger partial charge in [-0.3, -0.25) is 4.72 Å². The first kappa shape index (κ1) is 16.1. The summed E-state index contributed by atoms with van der Waals surface area (Å²) in [5.41, 5.74) is 1.47. The Morgan fingerprint density at radius 3 is 2.62 bits per heavy atom. The van der Waals surface area contributed by atoms with E-state index >= 15 is 0 Å². The number of halogens is 1. The van der Waals surface area contributed by atoms with E-state index in [-0.39, 0.29) is 4.90 Å². The average molecular weight is 373 g/mol. The van der Waals surface area contributed by atoms with E-state index in [0.29, 0.717) is 28.2 Å². The maximum absolute atomic E-state index is 12.5. The van der Waals surface area contributed by atoms with E-state index in [1.807, 2.05) is 19.1 Å². The van der Waals surface area contributed by atoms with Crippen LogP contribution in [0.3, 0.4) is 0 Å². The third-order valence-electron chi connectivity index (χ3n) is 2.93. The Bertz CT molecular complexity index is 754. The molecule has 0 saturated carbocycles. The number of furan rings is 1. The van der Waals surface area contributed by atoms with Gasteiger partial charge in [0.25, 0.3) is 10.0 Å². The van der Waals surface area contributed by atoms with Crippen molar-refractivity contribution in [3.8, 4) is 0 Å². The van der Waals surface area contributed by atoms with Gasteiger partial charge < -0.3 is 9.73 Å². The lowest BCUT2D eigenvalue weighted by Crippen LogP contribution is -2.13. The molecule has 0 unspecified atom stereocenters. The Morgan fingerprint density at radius 2 is 1.95 bits per heavy atom. The van der Waals surface area contributed by atoms with Crippen LogP contribution in [0.2, 0.25) is 0 Å². The van der Waals surface area contributed by atoms with Crippen LogP contribution in [0.15, 0.2) is 38.1 Å². The van der Waals surface area contributed by atoms with Crippen LogP contribution in [0, 0.1) is 13.8 Å². The molecule has 7 heteroatoms. The molecule has 2 aromatic rings. The SMILES string of the molecule is CNCc1cc(S(=O)(=O)Nc2cc(C)ccc2Br)c(C)o1. The van der Waals surface area contributed by atoms with Gasteiger partial charge in [0.05, 0.1) is 12.2 Å². The van der Waals surface area contributed by atoms with Crippen molar-refractivity contribution in [3.63, 3.8) is 0 Å². The molecular weight excluding hydrogens is 356 g/mol. The van der Waals surface area contributed by atoms with Crippen LogP contribution in [0.4, 0.5) is 5.69 Å². The molecule has 1 aromatic carbocycles. The molecule has 0 bridgehead atoms. The quantitative estimate of drug-likeness (QED) is 0.845. The van der Waals surface area contributed by atoms with Crippen molar-refractivity contribution in [2.75, 3.05) is 11.8 Å². The van der Waals surface area contributed by atoms with Gasteiger partial charge in [-0.05, 0) is 54.5 Å². The predicted octanol–water partition coefficient (Wildman–Crippen LogP) is 3.18. The number of rotatable bonds is 5. The van der Waals surface area contributed by atoms with Gasteiger partial charge in [-0.15, -0.1) is 0 Å². The summed E-state index contributed by atoms with van der Waals surface area (Å²) >= 11 is 3.34. The zero-order valence-corrected chi connectivity index (χ0v) is 14.4. The fourth-order valence-electron chi connectivity index (χ4n) is 1.97. The molecule has 114 valence electrons. The summed E-state index contributed by atoms with van der Waals surface area (Å²) in [5, 5.41) is 2.93. The molecule has 0 fully saturated rings. The minimum absolute atomic E-state index is 0.154. The van der Waals surface area contributed by atoms with Crippen molar-refractivity contribution in [1.82, 2.24) is 5.32 Å². The number of hydrogen-bond donors (Lipinski definition) is 2. The molecule has 0 atom stereocenters. The molecule has 0 aliphatic rings. The second kappa shape index (κ2) is 6.21. The summed E-state index contributed by atoms with van der Waals surface area (Å²) in [6, 6.07) is 7.02. The molecule has 0 spiro atoms. The molecule has 0 saturated heterocycles. The van der Waals surface area contributed by atoms with Gasteiger partial charge in [-0.25, -0.2) is 8.42 Å². The molecule has 0 radical (unpaired) electrons. The van der Waals surface area contributed by atoms with Gasteiger partial charge in [-0.1, -0.05) is 6.07 Å². The Hall–Kier alpha value is -1.31. The largest absolute Gasteiger partial charge is 0.464 e. The van der Waals surface area contributed by atoms with Crippen molar-refractivity contribution in [3.05, 3.63) is 45.8 Å². The fourth-order valence-corrected chi connectivity index (χ4v) is 3.72. The normalized spacial score (nSPS) is 11.6. The highest BCUT2D eigenvalue weighted by Crippen LogP contribution is 2.28. The van der Waals surface area contributed by atoms with Gasteiger partial charge in [0.2, 0.25) is 0 Å². The number of hydrogen-bond acceptors (Lipinski definition) is 4. The second-order valence-electron chi connectivity index (χ2n) is 4.75. The summed E-state index contributed by atoms with van der Waals surface area (Å²) < 4.78 is 33.7.